The summed E-state index contributed by atoms with van der Waals surface area (Å²) >= 11 is 1.37. The van der Waals surface area contributed by atoms with Crippen molar-refractivity contribution in [1.82, 2.24) is 25.2 Å². The highest BCUT2D eigenvalue weighted by atomic mass is 32.1. The number of H-pyrrole nitrogens is 1. The molecule has 0 radical (unpaired) electrons. The van der Waals surface area contributed by atoms with Gasteiger partial charge in [-0.2, -0.15) is 0 Å². The van der Waals surface area contributed by atoms with Gasteiger partial charge in [-0.3, -0.25) is 9.59 Å². The molecule has 1 aliphatic heterocycles. The third kappa shape index (κ3) is 4.58. The van der Waals surface area contributed by atoms with Gasteiger partial charge in [-0.05, 0) is 29.1 Å². The number of benzene rings is 1. The highest BCUT2D eigenvalue weighted by Gasteiger charge is 2.30. The zero-order chi connectivity index (χ0) is 22.6. The van der Waals surface area contributed by atoms with Crippen LogP contribution in [0.1, 0.15) is 15.2 Å². The molecule has 168 valence electrons. The lowest BCUT2D eigenvalue weighted by Gasteiger charge is -2.36. The van der Waals surface area contributed by atoms with Crippen molar-refractivity contribution in [3.05, 3.63) is 76.9 Å². The van der Waals surface area contributed by atoms with Crippen molar-refractivity contribution in [1.29, 1.82) is 0 Å². The van der Waals surface area contributed by atoms with Gasteiger partial charge in [0.1, 0.15) is 6.04 Å². The number of anilines is 1. The number of hydrogen-bond donors (Lipinski definition) is 2. The highest BCUT2D eigenvalue weighted by molar-refractivity contribution is 7.12. The third-order valence-electron chi connectivity index (χ3n) is 5.87. The van der Waals surface area contributed by atoms with Crippen molar-refractivity contribution in [2.75, 3.05) is 31.1 Å². The molecule has 8 nitrogen and oxygen atoms in total. The molecule has 2 N–H and O–H groups in total. The summed E-state index contributed by atoms with van der Waals surface area (Å²) < 4.78 is 0. The molecule has 4 aromatic rings. The van der Waals surface area contributed by atoms with Crippen LogP contribution in [0.2, 0.25) is 0 Å². The molecule has 0 unspecified atom stereocenters. The minimum atomic E-state index is -0.654. The zero-order valence-electron chi connectivity index (χ0n) is 18.0. The molecule has 4 heterocycles. The van der Waals surface area contributed by atoms with Gasteiger partial charge in [0.05, 0.1) is 4.88 Å². The third-order valence-corrected chi connectivity index (χ3v) is 6.74. The van der Waals surface area contributed by atoms with Gasteiger partial charge in [0, 0.05) is 62.1 Å². The van der Waals surface area contributed by atoms with Crippen LogP contribution in [0, 0.1) is 0 Å². The molecule has 1 aliphatic rings. The van der Waals surface area contributed by atoms with Gasteiger partial charge < -0.3 is 20.1 Å². The quantitative estimate of drug-likeness (QED) is 0.461. The Bertz CT molecular complexity index is 1230. The Morgan fingerprint density at radius 3 is 2.58 bits per heavy atom. The summed E-state index contributed by atoms with van der Waals surface area (Å²) in [4.78, 5) is 42.8. The fourth-order valence-electron chi connectivity index (χ4n) is 4.16. The van der Waals surface area contributed by atoms with Gasteiger partial charge in [0.2, 0.25) is 11.9 Å². The second-order valence-corrected chi connectivity index (χ2v) is 8.88. The molecule has 5 rings (SSSR count). The van der Waals surface area contributed by atoms with E-state index in [2.05, 4.69) is 25.2 Å². The number of thiophene rings is 1. The van der Waals surface area contributed by atoms with Crippen LogP contribution in [0.5, 0.6) is 0 Å². The van der Waals surface area contributed by atoms with E-state index < -0.39 is 6.04 Å². The number of carbonyl (C=O) groups is 2. The second-order valence-electron chi connectivity index (χ2n) is 7.93. The van der Waals surface area contributed by atoms with E-state index in [1.807, 2.05) is 46.8 Å². The Morgan fingerprint density at radius 1 is 1.03 bits per heavy atom. The van der Waals surface area contributed by atoms with Gasteiger partial charge >= 0.3 is 0 Å². The average molecular weight is 461 g/mol. The largest absolute Gasteiger partial charge is 0.361 e. The summed E-state index contributed by atoms with van der Waals surface area (Å²) in [5, 5.41) is 5.91. The first-order valence-electron chi connectivity index (χ1n) is 10.9. The normalized spacial score (nSPS) is 14.9. The number of fused-ring (bicyclic) bond motifs is 1. The molecule has 33 heavy (non-hydrogen) atoms. The first-order chi connectivity index (χ1) is 16.2. The molecule has 0 spiro atoms. The highest BCUT2D eigenvalue weighted by Crippen LogP contribution is 2.21. The molecular weight excluding hydrogens is 436 g/mol. The number of carbonyl (C=O) groups excluding carboxylic acids is 2. The van der Waals surface area contributed by atoms with Crippen LogP contribution in [0.25, 0.3) is 10.9 Å². The number of piperazine rings is 1. The lowest BCUT2D eigenvalue weighted by Crippen LogP contribution is -2.55. The molecule has 0 bridgehead atoms. The molecule has 1 saturated heterocycles. The van der Waals surface area contributed by atoms with Crippen LogP contribution in [0.3, 0.4) is 0 Å². The maximum absolute atomic E-state index is 13.6. The van der Waals surface area contributed by atoms with Crippen LogP contribution < -0.4 is 10.2 Å². The molecule has 1 fully saturated rings. The average Bonchev–Trinajstić information content (AvgIpc) is 3.55. The van der Waals surface area contributed by atoms with E-state index in [-0.39, 0.29) is 11.8 Å². The predicted octanol–water partition coefficient (Wildman–Crippen LogP) is 2.71. The van der Waals surface area contributed by atoms with Crippen LogP contribution >= 0.6 is 11.3 Å². The summed E-state index contributed by atoms with van der Waals surface area (Å²) in [5.41, 5.74) is 2.02. The van der Waals surface area contributed by atoms with E-state index in [9.17, 15) is 9.59 Å². The number of nitrogens with zero attached hydrogens (tertiary/aromatic N) is 4. The Morgan fingerprint density at radius 2 is 1.82 bits per heavy atom. The minimum Gasteiger partial charge on any atom is -0.361 e. The number of amides is 2. The van der Waals surface area contributed by atoms with E-state index in [0.717, 1.165) is 16.5 Å². The Kier molecular flexibility index (Phi) is 6.03. The van der Waals surface area contributed by atoms with Crippen molar-refractivity contribution >= 4 is 40.0 Å². The number of hydrogen-bond acceptors (Lipinski definition) is 6. The fourth-order valence-corrected chi connectivity index (χ4v) is 4.79. The Balaban J connectivity index is 1.33. The smallest absolute Gasteiger partial charge is 0.262 e. The van der Waals surface area contributed by atoms with Crippen LogP contribution in [-0.4, -0.2) is 63.9 Å². The van der Waals surface area contributed by atoms with Gasteiger partial charge in [-0.1, -0.05) is 24.3 Å². The SMILES string of the molecule is O=C(N[C@@H](Cc1c[nH]c2ccccc12)C(=O)N1CCN(c2ncccn2)CC1)c1cccs1. The van der Waals surface area contributed by atoms with Gasteiger partial charge in [-0.25, -0.2) is 9.97 Å². The summed E-state index contributed by atoms with van der Waals surface area (Å²) in [5.74, 6) is 0.379. The van der Waals surface area contributed by atoms with E-state index >= 15 is 0 Å². The minimum absolute atomic E-state index is 0.0705. The molecule has 0 aliphatic carbocycles. The molecular formula is C24H24N6O2S. The number of aromatic nitrogens is 3. The van der Waals surface area contributed by atoms with Crippen molar-refractivity contribution in [2.24, 2.45) is 0 Å². The number of rotatable bonds is 6. The van der Waals surface area contributed by atoms with Crippen molar-refractivity contribution in [3.8, 4) is 0 Å². The van der Waals surface area contributed by atoms with Gasteiger partial charge in [0.25, 0.3) is 5.91 Å². The molecule has 0 saturated carbocycles. The lowest BCUT2D eigenvalue weighted by atomic mass is 10.0. The number of aromatic amines is 1. The van der Waals surface area contributed by atoms with Crippen LogP contribution in [0.4, 0.5) is 5.95 Å². The summed E-state index contributed by atoms with van der Waals surface area (Å²) in [6, 6.07) is 12.7. The fraction of sp³-hybridized carbons (Fsp3) is 0.250. The maximum atomic E-state index is 13.6. The number of para-hydroxylation sites is 1. The summed E-state index contributed by atoms with van der Waals surface area (Å²) in [7, 11) is 0. The van der Waals surface area contributed by atoms with Crippen molar-refractivity contribution in [3.63, 3.8) is 0 Å². The van der Waals surface area contributed by atoms with Gasteiger partial charge in [-0.15, -0.1) is 11.3 Å². The van der Waals surface area contributed by atoms with Crippen LogP contribution in [-0.2, 0) is 11.2 Å². The number of nitrogens with one attached hydrogen (secondary N) is 2. The van der Waals surface area contributed by atoms with E-state index in [0.29, 0.717) is 43.4 Å². The zero-order valence-corrected chi connectivity index (χ0v) is 18.8. The molecule has 9 heteroatoms. The molecule has 1 aromatic carbocycles. The van der Waals surface area contributed by atoms with E-state index in [4.69, 9.17) is 0 Å². The van der Waals surface area contributed by atoms with Crippen molar-refractivity contribution in [2.45, 2.75) is 12.5 Å². The lowest BCUT2D eigenvalue weighted by molar-refractivity contribution is -0.133. The maximum Gasteiger partial charge on any atom is 0.262 e. The van der Waals surface area contributed by atoms with E-state index in [1.165, 1.54) is 11.3 Å². The second kappa shape index (κ2) is 9.41. The topological polar surface area (TPSA) is 94.2 Å². The first kappa shape index (κ1) is 21.1. The van der Waals surface area contributed by atoms with Crippen LogP contribution in [0.15, 0.2) is 66.4 Å². The monoisotopic (exact) mass is 460 g/mol. The first-order valence-corrected chi connectivity index (χ1v) is 11.8. The molecule has 2 amide bonds. The summed E-state index contributed by atoms with van der Waals surface area (Å²) in [6.07, 6.45) is 5.78. The Hall–Kier alpha value is -3.72. The van der Waals surface area contributed by atoms with E-state index in [1.54, 1.807) is 24.5 Å². The van der Waals surface area contributed by atoms with Crippen molar-refractivity contribution < 1.29 is 9.59 Å². The predicted molar refractivity (Wildman–Crippen MR) is 128 cm³/mol. The molecule has 3 aromatic heterocycles. The Labute approximate surface area is 195 Å². The molecule has 1 atom stereocenters. The standard InChI is InChI=1S/C24H24N6O2S/c31-22(21-7-3-14-33-21)28-20(15-17-16-27-19-6-2-1-5-18(17)19)23(32)29-10-12-30(13-11-29)24-25-8-4-9-26-24/h1-9,14,16,20,27H,10-13,15H2,(H,28,31)/t20-/m0/s1. The van der Waals surface area contributed by atoms with Gasteiger partial charge in [0.15, 0.2) is 0 Å². The summed E-state index contributed by atoms with van der Waals surface area (Å²) in [6.45, 7) is 2.40.